The van der Waals surface area contributed by atoms with E-state index >= 15 is 0 Å². The second kappa shape index (κ2) is 5.67. The fraction of sp³-hybridized carbons (Fsp3) is 0.643. The molecule has 2 aliphatic rings. The number of aryl methyl sites for hydroxylation is 2. The molecule has 1 fully saturated rings. The second-order valence-corrected chi connectivity index (χ2v) is 5.99. The zero-order chi connectivity index (χ0) is 17.6. The minimum Gasteiger partial charge on any atom is -0.474 e. The maximum atomic E-state index is 12.8. The molecule has 0 aliphatic carbocycles. The Morgan fingerprint density at radius 3 is 2.79 bits per heavy atom. The average molecular weight is 346 g/mol. The molecule has 3 rings (SSSR count). The largest absolute Gasteiger partial charge is 0.474 e. The van der Waals surface area contributed by atoms with E-state index in [2.05, 4.69) is 5.10 Å². The number of hydrogen-bond donors (Lipinski definition) is 0. The summed E-state index contributed by atoms with van der Waals surface area (Å²) < 4.78 is 44.5. The summed E-state index contributed by atoms with van der Waals surface area (Å²) in [4.78, 5) is 26.7. The number of alkyl halides is 3. The van der Waals surface area contributed by atoms with Crippen molar-refractivity contribution in [1.82, 2.24) is 14.7 Å². The lowest BCUT2D eigenvalue weighted by molar-refractivity contribution is -0.157. The Morgan fingerprint density at radius 2 is 2.12 bits per heavy atom. The van der Waals surface area contributed by atoms with Crippen molar-refractivity contribution >= 4 is 17.5 Å². The molecule has 0 bridgehead atoms. The molecule has 1 saturated heterocycles. The number of carbonyl (C=O) groups excluding carboxylic acids is 2. The molecule has 2 amide bonds. The van der Waals surface area contributed by atoms with E-state index in [4.69, 9.17) is 4.74 Å². The number of anilines is 1. The van der Waals surface area contributed by atoms with E-state index in [1.807, 2.05) is 0 Å². The summed E-state index contributed by atoms with van der Waals surface area (Å²) in [5.41, 5.74) is 1.12. The molecule has 0 saturated carbocycles. The van der Waals surface area contributed by atoms with Crippen LogP contribution in [0.3, 0.4) is 0 Å². The Morgan fingerprint density at radius 1 is 1.42 bits per heavy atom. The first-order valence-corrected chi connectivity index (χ1v) is 7.49. The highest BCUT2D eigenvalue weighted by molar-refractivity contribution is 6.00. The van der Waals surface area contributed by atoms with E-state index in [9.17, 15) is 22.8 Å². The number of aromatic nitrogens is 2. The summed E-state index contributed by atoms with van der Waals surface area (Å²) in [6.07, 6.45) is -4.68. The summed E-state index contributed by atoms with van der Waals surface area (Å²) in [5, 5.41) is 4.20. The Hall–Kier alpha value is -2.26. The van der Waals surface area contributed by atoms with Crippen molar-refractivity contribution in [3.8, 4) is 5.88 Å². The molecule has 1 aromatic heterocycles. The van der Waals surface area contributed by atoms with Crippen molar-refractivity contribution in [3.05, 3.63) is 5.69 Å². The maximum absolute atomic E-state index is 12.8. The van der Waals surface area contributed by atoms with Crippen LogP contribution in [0.2, 0.25) is 0 Å². The number of hydrogen-bond acceptors (Lipinski definition) is 4. The fourth-order valence-corrected chi connectivity index (χ4v) is 3.19. The molecule has 0 radical (unpaired) electrons. The third-order valence-electron chi connectivity index (χ3n) is 4.16. The molecule has 7 nitrogen and oxygen atoms in total. The standard InChI is InChI=1S/C14H17F3N4O3/c1-8-11-13(19(2)18-8)24-4-3-21(11)12(23)9-5-10(22)20(6-9)7-14(15,16)17/h9H,3-7H2,1-2H3. The maximum Gasteiger partial charge on any atom is 0.406 e. The Labute approximate surface area is 135 Å². The lowest BCUT2D eigenvalue weighted by atomic mass is 10.1. The van der Waals surface area contributed by atoms with Crippen LogP contribution in [0.1, 0.15) is 12.1 Å². The molecule has 24 heavy (non-hydrogen) atoms. The lowest BCUT2D eigenvalue weighted by Crippen LogP contribution is -2.43. The second-order valence-electron chi connectivity index (χ2n) is 5.99. The third-order valence-corrected chi connectivity index (χ3v) is 4.16. The number of rotatable bonds is 2. The van der Waals surface area contributed by atoms with Gasteiger partial charge in [-0.2, -0.15) is 18.3 Å². The average Bonchev–Trinajstić information content (AvgIpc) is 2.98. The van der Waals surface area contributed by atoms with Crippen LogP contribution in [-0.2, 0) is 16.6 Å². The molecule has 0 N–H and O–H groups in total. The highest BCUT2D eigenvalue weighted by atomic mass is 19.4. The van der Waals surface area contributed by atoms with E-state index < -0.39 is 24.5 Å². The van der Waals surface area contributed by atoms with Gasteiger partial charge in [0.25, 0.3) is 0 Å². The SMILES string of the molecule is Cc1nn(C)c2c1N(C(=O)C1CC(=O)N(CC(F)(F)F)C1)CCO2. The Balaban J connectivity index is 1.78. The zero-order valence-corrected chi connectivity index (χ0v) is 13.3. The van der Waals surface area contributed by atoms with E-state index in [-0.39, 0.29) is 32.0 Å². The summed E-state index contributed by atoms with van der Waals surface area (Å²) in [6, 6.07) is 0. The van der Waals surface area contributed by atoms with Gasteiger partial charge in [-0.05, 0) is 6.92 Å². The van der Waals surface area contributed by atoms with Crippen LogP contribution in [0.25, 0.3) is 0 Å². The van der Waals surface area contributed by atoms with Crippen molar-refractivity contribution in [2.24, 2.45) is 13.0 Å². The minimum atomic E-state index is -4.47. The summed E-state index contributed by atoms with van der Waals surface area (Å²) >= 11 is 0. The molecule has 10 heteroatoms. The number of likely N-dealkylation sites (tertiary alicyclic amines) is 1. The van der Waals surface area contributed by atoms with Crippen LogP contribution in [0.5, 0.6) is 5.88 Å². The van der Waals surface area contributed by atoms with Crippen LogP contribution >= 0.6 is 0 Å². The van der Waals surface area contributed by atoms with Crippen molar-refractivity contribution < 1.29 is 27.5 Å². The van der Waals surface area contributed by atoms with Crippen LogP contribution in [0, 0.1) is 12.8 Å². The summed E-state index contributed by atoms with van der Waals surface area (Å²) in [7, 11) is 1.68. The molecule has 132 valence electrons. The molecule has 0 spiro atoms. The van der Waals surface area contributed by atoms with Crippen molar-refractivity contribution in [2.75, 3.05) is 31.1 Å². The molecular weight excluding hydrogens is 329 g/mol. The number of fused-ring (bicyclic) bond motifs is 1. The first kappa shape index (κ1) is 16.6. The van der Waals surface area contributed by atoms with Gasteiger partial charge >= 0.3 is 6.18 Å². The molecule has 1 unspecified atom stereocenters. The van der Waals surface area contributed by atoms with E-state index in [1.54, 1.807) is 14.0 Å². The quantitative estimate of drug-likeness (QED) is 0.797. The number of halogens is 3. The van der Waals surface area contributed by atoms with E-state index in [0.717, 1.165) is 0 Å². The highest BCUT2D eigenvalue weighted by Crippen LogP contribution is 2.36. The van der Waals surface area contributed by atoms with Gasteiger partial charge in [0.05, 0.1) is 18.2 Å². The van der Waals surface area contributed by atoms with Crippen LogP contribution < -0.4 is 9.64 Å². The predicted molar refractivity (Wildman–Crippen MR) is 76.5 cm³/mol. The highest BCUT2D eigenvalue weighted by Gasteiger charge is 2.43. The number of carbonyl (C=O) groups is 2. The van der Waals surface area contributed by atoms with Gasteiger partial charge in [0.2, 0.25) is 17.7 Å². The van der Waals surface area contributed by atoms with Gasteiger partial charge < -0.3 is 14.5 Å². The van der Waals surface area contributed by atoms with Crippen molar-refractivity contribution in [2.45, 2.75) is 19.5 Å². The van der Waals surface area contributed by atoms with Gasteiger partial charge in [0, 0.05) is 20.0 Å². The van der Waals surface area contributed by atoms with Crippen molar-refractivity contribution in [1.29, 1.82) is 0 Å². The monoisotopic (exact) mass is 346 g/mol. The topological polar surface area (TPSA) is 67.7 Å². The van der Waals surface area contributed by atoms with Crippen molar-refractivity contribution in [3.63, 3.8) is 0 Å². The van der Waals surface area contributed by atoms with Gasteiger partial charge in [-0.3, -0.25) is 9.59 Å². The number of nitrogens with zero attached hydrogens (tertiary/aromatic N) is 4. The Kier molecular flexibility index (Phi) is 3.92. The number of ether oxygens (including phenoxy) is 1. The van der Waals surface area contributed by atoms with Crippen LogP contribution in [0.15, 0.2) is 0 Å². The van der Waals surface area contributed by atoms with E-state index in [1.165, 1.54) is 9.58 Å². The molecule has 1 atom stereocenters. The van der Waals surface area contributed by atoms with Gasteiger partial charge in [-0.25, -0.2) is 4.68 Å². The smallest absolute Gasteiger partial charge is 0.406 e. The third kappa shape index (κ3) is 2.92. The van der Waals surface area contributed by atoms with Gasteiger partial charge in [-0.15, -0.1) is 0 Å². The molecule has 0 aromatic carbocycles. The molecule has 2 aliphatic heterocycles. The zero-order valence-electron chi connectivity index (χ0n) is 13.3. The predicted octanol–water partition coefficient (Wildman–Crippen LogP) is 0.865. The van der Waals surface area contributed by atoms with Gasteiger partial charge in [0.1, 0.15) is 18.8 Å². The fourth-order valence-electron chi connectivity index (χ4n) is 3.19. The van der Waals surface area contributed by atoms with E-state index in [0.29, 0.717) is 22.2 Å². The molecule has 1 aromatic rings. The molecule has 3 heterocycles. The van der Waals surface area contributed by atoms with Crippen LogP contribution in [0.4, 0.5) is 18.9 Å². The Bertz CT molecular complexity index is 686. The number of amides is 2. The normalized spacial score (nSPS) is 21.0. The van der Waals surface area contributed by atoms with Gasteiger partial charge in [0.15, 0.2) is 0 Å². The first-order chi connectivity index (χ1) is 11.2. The molecular formula is C14H17F3N4O3. The summed E-state index contributed by atoms with van der Waals surface area (Å²) in [6.45, 7) is 0.732. The van der Waals surface area contributed by atoms with Crippen LogP contribution in [-0.4, -0.2) is 58.9 Å². The first-order valence-electron chi connectivity index (χ1n) is 7.49. The lowest BCUT2D eigenvalue weighted by Gasteiger charge is -2.29. The minimum absolute atomic E-state index is 0.207. The summed E-state index contributed by atoms with van der Waals surface area (Å²) in [5.74, 6) is -1.36. The van der Waals surface area contributed by atoms with Gasteiger partial charge in [-0.1, -0.05) is 0 Å².